The van der Waals surface area contributed by atoms with Crippen molar-refractivity contribution in [3.05, 3.63) is 52.0 Å². The first-order chi connectivity index (χ1) is 9.31. The summed E-state index contributed by atoms with van der Waals surface area (Å²) in [6.45, 7) is 3.81. The van der Waals surface area contributed by atoms with Crippen LogP contribution in [-0.2, 0) is 10.0 Å². The molecule has 2 aromatic carbocycles. The Morgan fingerprint density at radius 1 is 1.15 bits per heavy atom. The van der Waals surface area contributed by atoms with Crippen LogP contribution >= 0.6 is 15.9 Å². The molecule has 0 saturated heterocycles. The Hall–Kier alpha value is -1.53. The third kappa shape index (κ3) is 2.96. The van der Waals surface area contributed by atoms with Gasteiger partial charge in [0.1, 0.15) is 4.90 Å². The number of benzene rings is 2. The molecule has 20 heavy (non-hydrogen) atoms. The van der Waals surface area contributed by atoms with E-state index >= 15 is 0 Å². The lowest BCUT2D eigenvalue weighted by Crippen LogP contribution is -2.15. The Labute approximate surface area is 127 Å². The van der Waals surface area contributed by atoms with Crippen LogP contribution in [0.4, 0.5) is 11.4 Å². The minimum atomic E-state index is -3.68. The van der Waals surface area contributed by atoms with Crippen molar-refractivity contribution in [3.63, 3.8) is 0 Å². The zero-order valence-electron chi connectivity index (χ0n) is 11.1. The molecule has 2 aromatic rings. The molecule has 0 radical (unpaired) electrons. The van der Waals surface area contributed by atoms with Crippen molar-refractivity contribution < 1.29 is 8.42 Å². The van der Waals surface area contributed by atoms with Gasteiger partial charge in [0, 0.05) is 10.2 Å². The van der Waals surface area contributed by atoms with E-state index in [1.807, 2.05) is 26.0 Å². The highest BCUT2D eigenvalue weighted by atomic mass is 79.9. The van der Waals surface area contributed by atoms with Crippen LogP contribution in [0.3, 0.4) is 0 Å². The number of hydrogen-bond acceptors (Lipinski definition) is 3. The van der Waals surface area contributed by atoms with Gasteiger partial charge in [-0.3, -0.25) is 4.72 Å². The smallest absolute Gasteiger partial charge is 0.263 e. The highest BCUT2D eigenvalue weighted by Crippen LogP contribution is 2.27. The first kappa shape index (κ1) is 14.9. The van der Waals surface area contributed by atoms with Gasteiger partial charge in [-0.2, -0.15) is 0 Å². The molecule has 0 aromatic heterocycles. The Balaban J connectivity index is 2.46. The van der Waals surface area contributed by atoms with Gasteiger partial charge in [-0.15, -0.1) is 0 Å². The van der Waals surface area contributed by atoms with Crippen molar-refractivity contribution >= 4 is 37.3 Å². The zero-order valence-corrected chi connectivity index (χ0v) is 13.5. The molecule has 3 N–H and O–H groups in total. The van der Waals surface area contributed by atoms with Gasteiger partial charge in [-0.05, 0) is 65.2 Å². The largest absolute Gasteiger partial charge is 0.399 e. The SMILES string of the molecule is Cc1cccc(NS(=O)(=O)c2cc(N)ccc2Br)c1C. The fraction of sp³-hybridized carbons (Fsp3) is 0.143. The van der Waals surface area contributed by atoms with E-state index in [9.17, 15) is 8.42 Å². The maximum Gasteiger partial charge on any atom is 0.263 e. The third-order valence-corrected chi connectivity index (χ3v) is 5.45. The highest BCUT2D eigenvalue weighted by Gasteiger charge is 2.19. The van der Waals surface area contributed by atoms with E-state index in [2.05, 4.69) is 20.7 Å². The monoisotopic (exact) mass is 354 g/mol. The molecular weight excluding hydrogens is 340 g/mol. The molecule has 0 atom stereocenters. The van der Waals surface area contributed by atoms with Gasteiger partial charge < -0.3 is 5.73 Å². The molecular formula is C14H15BrN2O2S. The van der Waals surface area contributed by atoms with Gasteiger partial charge in [0.15, 0.2) is 0 Å². The van der Waals surface area contributed by atoms with Crippen LogP contribution in [0.15, 0.2) is 45.8 Å². The Bertz CT molecular complexity index is 758. The predicted octanol–water partition coefficient (Wildman–Crippen LogP) is 3.45. The molecule has 4 nitrogen and oxygen atoms in total. The number of anilines is 2. The summed E-state index contributed by atoms with van der Waals surface area (Å²) in [5, 5.41) is 0. The van der Waals surface area contributed by atoms with E-state index in [-0.39, 0.29) is 4.90 Å². The van der Waals surface area contributed by atoms with Crippen molar-refractivity contribution in [2.75, 3.05) is 10.5 Å². The summed E-state index contributed by atoms with van der Waals surface area (Å²) < 4.78 is 28.0. The first-order valence-corrected chi connectivity index (χ1v) is 8.23. The van der Waals surface area contributed by atoms with Crippen molar-refractivity contribution in [2.45, 2.75) is 18.7 Å². The Morgan fingerprint density at radius 3 is 2.55 bits per heavy atom. The Kier molecular flexibility index (Phi) is 4.06. The van der Waals surface area contributed by atoms with E-state index in [1.54, 1.807) is 18.2 Å². The summed E-state index contributed by atoms with van der Waals surface area (Å²) in [5.41, 5.74) is 8.55. The van der Waals surface area contributed by atoms with Gasteiger partial charge in [0.05, 0.1) is 5.69 Å². The summed E-state index contributed by atoms with van der Waals surface area (Å²) >= 11 is 3.24. The molecule has 0 spiro atoms. The van der Waals surface area contributed by atoms with Gasteiger partial charge in [-0.1, -0.05) is 12.1 Å². The number of nitrogens with one attached hydrogen (secondary N) is 1. The number of nitrogen functional groups attached to an aromatic ring is 1. The molecule has 0 unspecified atom stereocenters. The van der Waals surface area contributed by atoms with Gasteiger partial charge in [-0.25, -0.2) is 8.42 Å². The lowest BCUT2D eigenvalue weighted by molar-refractivity contribution is 0.600. The van der Waals surface area contributed by atoms with Gasteiger partial charge in [0.25, 0.3) is 10.0 Å². The average molecular weight is 355 g/mol. The predicted molar refractivity (Wildman–Crippen MR) is 85.3 cm³/mol. The normalized spacial score (nSPS) is 11.3. The molecule has 0 aliphatic rings. The van der Waals surface area contributed by atoms with Crippen LogP contribution in [0.1, 0.15) is 11.1 Å². The van der Waals surface area contributed by atoms with Crippen LogP contribution in [-0.4, -0.2) is 8.42 Å². The number of hydrogen-bond donors (Lipinski definition) is 2. The standard InChI is InChI=1S/C14H15BrN2O2S/c1-9-4-3-5-13(10(9)2)17-20(18,19)14-8-11(16)6-7-12(14)15/h3-8,17H,16H2,1-2H3. The lowest BCUT2D eigenvalue weighted by Gasteiger charge is -2.13. The number of nitrogens with two attached hydrogens (primary N) is 1. The fourth-order valence-electron chi connectivity index (χ4n) is 1.79. The molecule has 0 aliphatic heterocycles. The second kappa shape index (κ2) is 5.46. The average Bonchev–Trinajstić information content (AvgIpc) is 2.37. The van der Waals surface area contributed by atoms with Crippen LogP contribution in [0.5, 0.6) is 0 Å². The van der Waals surface area contributed by atoms with Crippen LogP contribution < -0.4 is 10.5 Å². The lowest BCUT2D eigenvalue weighted by atomic mass is 10.1. The maximum absolute atomic E-state index is 12.4. The Morgan fingerprint density at radius 2 is 1.85 bits per heavy atom. The summed E-state index contributed by atoms with van der Waals surface area (Å²) in [6.07, 6.45) is 0. The summed E-state index contributed by atoms with van der Waals surface area (Å²) in [6, 6.07) is 10.2. The zero-order chi connectivity index (χ0) is 14.9. The van der Waals surface area contributed by atoms with Crippen LogP contribution in [0.2, 0.25) is 0 Å². The van der Waals surface area contributed by atoms with E-state index in [4.69, 9.17) is 5.73 Å². The first-order valence-electron chi connectivity index (χ1n) is 5.95. The van der Waals surface area contributed by atoms with Crippen molar-refractivity contribution in [3.8, 4) is 0 Å². The van der Waals surface area contributed by atoms with E-state index in [1.165, 1.54) is 6.07 Å². The van der Waals surface area contributed by atoms with Crippen LogP contribution in [0.25, 0.3) is 0 Å². The highest BCUT2D eigenvalue weighted by molar-refractivity contribution is 9.10. The number of aryl methyl sites for hydroxylation is 1. The van der Waals surface area contributed by atoms with Crippen molar-refractivity contribution in [2.24, 2.45) is 0 Å². The van der Waals surface area contributed by atoms with Gasteiger partial charge in [0.2, 0.25) is 0 Å². The van der Waals surface area contributed by atoms with E-state index < -0.39 is 10.0 Å². The number of halogens is 1. The molecule has 0 saturated carbocycles. The summed E-state index contributed by atoms with van der Waals surface area (Å²) in [4.78, 5) is 0.124. The number of sulfonamides is 1. The summed E-state index contributed by atoms with van der Waals surface area (Å²) in [5.74, 6) is 0. The maximum atomic E-state index is 12.4. The van der Waals surface area contributed by atoms with Gasteiger partial charge >= 0.3 is 0 Å². The molecule has 106 valence electrons. The summed E-state index contributed by atoms with van der Waals surface area (Å²) in [7, 11) is -3.68. The second-order valence-electron chi connectivity index (χ2n) is 4.54. The molecule has 0 amide bonds. The molecule has 0 bridgehead atoms. The molecule has 6 heteroatoms. The number of rotatable bonds is 3. The minimum Gasteiger partial charge on any atom is -0.399 e. The van der Waals surface area contributed by atoms with E-state index in [0.29, 0.717) is 15.8 Å². The molecule has 2 rings (SSSR count). The minimum absolute atomic E-state index is 0.124. The van der Waals surface area contributed by atoms with Crippen molar-refractivity contribution in [1.82, 2.24) is 0 Å². The fourth-order valence-corrected chi connectivity index (χ4v) is 3.91. The molecule has 0 heterocycles. The second-order valence-corrected chi connectivity index (χ2v) is 7.05. The third-order valence-electron chi connectivity index (χ3n) is 3.09. The van der Waals surface area contributed by atoms with E-state index in [0.717, 1.165) is 11.1 Å². The molecule has 0 fully saturated rings. The molecule has 0 aliphatic carbocycles. The quantitative estimate of drug-likeness (QED) is 0.829. The van der Waals surface area contributed by atoms with Crippen LogP contribution in [0, 0.1) is 13.8 Å². The topological polar surface area (TPSA) is 72.2 Å². The van der Waals surface area contributed by atoms with Crippen molar-refractivity contribution in [1.29, 1.82) is 0 Å².